The van der Waals surface area contributed by atoms with Crippen molar-refractivity contribution in [3.05, 3.63) is 51.6 Å². The summed E-state index contributed by atoms with van der Waals surface area (Å²) >= 11 is 9.15. The van der Waals surface area contributed by atoms with Crippen LogP contribution in [0.5, 0.6) is 0 Å². The molecule has 3 rings (SSSR count). The highest BCUT2D eigenvalue weighted by atomic mass is 79.9. The molecule has 1 aromatic heterocycles. The molecule has 1 aliphatic heterocycles. The first-order valence-electron chi connectivity index (χ1n) is 8.34. The zero-order valence-corrected chi connectivity index (χ0v) is 19.1. The van der Waals surface area contributed by atoms with Crippen LogP contribution in [0.3, 0.4) is 0 Å². The van der Waals surface area contributed by atoms with Gasteiger partial charge >= 0.3 is 0 Å². The molecule has 9 nitrogen and oxygen atoms in total. The highest BCUT2D eigenvalue weighted by Gasteiger charge is 2.55. The van der Waals surface area contributed by atoms with Gasteiger partial charge in [-0.05, 0) is 46.3 Å². The maximum atomic E-state index is 13.1. The number of nitrogens with zero attached hydrogens (tertiary/aromatic N) is 3. The summed E-state index contributed by atoms with van der Waals surface area (Å²) < 4.78 is 53.5. The summed E-state index contributed by atoms with van der Waals surface area (Å²) in [5.41, 5.74) is -2.10. The summed E-state index contributed by atoms with van der Waals surface area (Å²) in [6.45, 7) is -2.26. The van der Waals surface area contributed by atoms with Gasteiger partial charge in [-0.15, -0.1) is 0 Å². The van der Waals surface area contributed by atoms with E-state index in [1.165, 1.54) is 30.5 Å². The van der Waals surface area contributed by atoms with Gasteiger partial charge in [-0.2, -0.15) is 9.57 Å². The molecule has 0 unspecified atom stereocenters. The summed E-state index contributed by atoms with van der Waals surface area (Å²) in [5.74, 6) is 0. The first kappa shape index (κ1) is 23.1. The molecule has 0 radical (unpaired) electrons. The fourth-order valence-corrected chi connectivity index (χ4v) is 7.36. The Balaban J connectivity index is 2.02. The van der Waals surface area contributed by atoms with Gasteiger partial charge in [-0.3, -0.25) is 0 Å². The average molecular weight is 537 g/mol. The highest BCUT2D eigenvalue weighted by Crippen LogP contribution is 2.35. The molecule has 1 aromatic carbocycles. The smallest absolute Gasteiger partial charge is 0.244 e. The largest absolute Gasteiger partial charge is 0.393 e. The van der Waals surface area contributed by atoms with Crippen LogP contribution in [0, 0.1) is 11.3 Å². The Labute approximate surface area is 186 Å². The zero-order chi connectivity index (χ0) is 22.3. The van der Waals surface area contributed by atoms with E-state index in [0.29, 0.717) is 4.47 Å². The molecule has 2 N–H and O–H groups in total. The van der Waals surface area contributed by atoms with E-state index < -0.39 is 50.4 Å². The lowest BCUT2D eigenvalue weighted by molar-refractivity contribution is 0.00156. The van der Waals surface area contributed by atoms with Crippen LogP contribution in [-0.2, 0) is 19.9 Å². The van der Waals surface area contributed by atoms with E-state index in [4.69, 9.17) is 16.9 Å². The normalized spacial score (nSPS) is 22.7. The summed E-state index contributed by atoms with van der Waals surface area (Å²) in [6.07, 6.45) is 1.25. The number of pyridine rings is 1. The van der Waals surface area contributed by atoms with Crippen LogP contribution < -0.4 is 0 Å². The number of aliphatic hydroxyl groups excluding tert-OH is 1. The van der Waals surface area contributed by atoms with E-state index in [2.05, 4.69) is 20.9 Å². The number of nitriles is 1. The Morgan fingerprint density at radius 2 is 2.00 bits per heavy atom. The monoisotopic (exact) mass is 535 g/mol. The molecule has 13 heteroatoms. The van der Waals surface area contributed by atoms with Gasteiger partial charge in [-0.1, -0.05) is 11.6 Å². The van der Waals surface area contributed by atoms with Crippen LogP contribution in [0.15, 0.2) is 50.9 Å². The van der Waals surface area contributed by atoms with E-state index in [9.17, 15) is 27.0 Å². The van der Waals surface area contributed by atoms with Crippen LogP contribution in [0.2, 0.25) is 5.02 Å². The lowest BCUT2D eigenvalue weighted by atomic mass is 10.1. The SMILES string of the molecule is N#Cc1ccc(S(=O)(=O)N2C[C@H](S(=O)(=O)c3ccc(Br)cn3)[C@@](O)(CO)C2)c(Cl)c1. The van der Waals surface area contributed by atoms with Crippen LogP contribution in [-0.4, -0.2) is 66.9 Å². The van der Waals surface area contributed by atoms with E-state index >= 15 is 0 Å². The van der Waals surface area contributed by atoms with Crippen LogP contribution in [0.25, 0.3) is 0 Å². The first-order valence-corrected chi connectivity index (χ1v) is 12.5. The first-order chi connectivity index (χ1) is 14.0. The van der Waals surface area contributed by atoms with Gasteiger partial charge in [0.25, 0.3) is 0 Å². The molecule has 1 aliphatic rings. The fourth-order valence-electron chi connectivity index (χ4n) is 3.14. The minimum absolute atomic E-state index is 0.147. The number of sulfonamides is 1. The van der Waals surface area contributed by atoms with E-state index in [1.807, 2.05) is 6.07 Å². The van der Waals surface area contributed by atoms with Crippen molar-refractivity contribution in [1.82, 2.24) is 9.29 Å². The summed E-state index contributed by atoms with van der Waals surface area (Å²) in [7, 11) is -8.62. The molecule has 1 saturated heterocycles. The third-order valence-electron chi connectivity index (χ3n) is 4.74. The van der Waals surface area contributed by atoms with Crippen molar-refractivity contribution in [2.45, 2.75) is 20.8 Å². The minimum Gasteiger partial charge on any atom is -0.393 e. The van der Waals surface area contributed by atoms with Crippen LogP contribution >= 0.6 is 27.5 Å². The van der Waals surface area contributed by atoms with Gasteiger partial charge in [0, 0.05) is 23.8 Å². The quantitative estimate of drug-likeness (QED) is 0.573. The summed E-state index contributed by atoms with van der Waals surface area (Å²) in [5, 5.41) is 27.2. The Morgan fingerprint density at radius 3 is 2.53 bits per heavy atom. The second-order valence-corrected chi connectivity index (χ2v) is 12.0. The Morgan fingerprint density at radius 1 is 1.30 bits per heavy atom. The number of halogens is 2. The predicted molar refractivity (Wildman–Crippen MR) is 110 cm³/mol. The number of benzene rings is 1. The summed E-state index contributed by atoms with van der Waals surface area (Å²) in [6, 6.07) is 8.05. The third-order valence-corrected chi connectivity index (χ3v) is 9.66. The van der Waals surface area contributed by atoms with Crippen molar-refractivity contribution < 1.29 is 27.0 Å². The second kappa shape index (κ2) is 8.16. The lowest BCUT2D eigenvalue weighted by Crippen LogP contribution is -2.49. The van der Waals surface area contributed by atoms with Crippen LogP contribution in [0.4, 0.5) is 0 Å². The Hall–Kier alpha value is -1.59. The van der Waals surface area contributed by atoms with E-state index in [0.717, 1.165) is 10.4 Å². The number of β-amino-alcohol motifs (C(OH)–C–C–N with tert-alkyl or cyclic N) is 1. The van der Waals surface area contributed by atoms with Gasteiger partial charge < -0.3 is 10.2 Å². The fraction of sp³-hybridized carbons (Fsp3) is 0.294. The number of sulfone groups is 1. The standard InChI is InChI=1S/C17H15BrClN3O6S2/c18-12-2-4-16(21-7-12)29(25,26)15-8-22(9-17(15,24)10-23)30(27,28)14-3-1-11(6-20)5-13(14)19/h1-5,7,15,23-24H,8-10H2/t15-,17-/m0/s1. The van der Waals surface area contributed by atoms with Crippen molar-refractivity contribution in [2.24, 2.45) is 0 Å². The molecule has 1 fully saturated rings. The van der Waals surface area contributed by atoms with E-state index in [-0.39, 0.29) is 20.5 Å². The van der Waals surface area contributed by atoms with Gasteiger partial charge in [0.05, 0.1) is 23.3 Å². The van der Waals surface area contributed by atoms with Crippen molar-refractivity contribution in [3.63, 3.8) is 0 Å². The lowest BCUT2D eigenvalue weighted by Gasteiger charge is -2.26. The molecule has 2 heterocycles. The summed E-state index contributed by atoms with van der Waals surface area (Å²) in [4.78, 5) is 3.48. The number of hydrogen-bond acceptors (Lipinski definition) is 8. The molecular formula is C17H15BrClN3O6S2. The van der Waals surface area contributed by atoms with Crippen molar-refractivity contribution in [2.75, 3.05) is 19.7 Å². The van der Waals surface area contributed by atoms with Gasteiger partial charge in [0.15, 0.2) is 5.03 Å². The molecular weight excluding hydrogens is 522 g/mol. The third kappa shape index (κ3) is 3.99. The Bertz CT molecular complexity index is 1230. The molecule has 0 saturated carbocycles. The maximum absolute atomic E-state index is 13.1. The molecule has 0 spiro atoms. The predicted octanol–water partition coefficient (Wildman–Crippen LogP) is 0.939. The highest BCUT2D eigenvalue weighted by molar-refractivity contribution is 9.10. The molecule has 2 aromatic rings. The molecule has 0 aliphatic carbocycles. The molecule has 30 heavy (non-hydrogen) atoms. The number of aliphatic hydroxyl groups is 2. The molecule has 160 valence electrons. The number of hydrogen-bond donors (Lipinski definition) is 2. The van der Waals surface area contributed by atoms with Gasteiger partial charge in [0.2, 0.25) is 19.9 Å². The van der Waals surface area contributed by atoms with Crippen molar-refractivity contribution in [1.29, 1.82) is 5.26 Å². The minimum atomic E-state index is -4.33. The second-order valence-electron chi connectivity index (χ2n) is 6.66. The molecule has 0 amide bonds. The number of rotatable bonds is 5. The van der Waals surface area contributed by atoms with Crippen molar-refractivity contribution >= 4 is 47.4 Å². The van der Waals surface area contributed by atoms with Gasteiger partial charge in [-0.25, -0.2) is 21.8 Å². The van der Waals surface area contributed by atoms with Gasteiger partial charge in [0.1, 0.15) is 15.7 Å². The van der Waals surface area contributed by atoms with E-state index in [1.54, 1.807) is 0 Å². The molecule has 2 atom stereocenters. The topological polar surface area (TPSA) is 149 Å². The maximum Gasteiger partial charge on any atom is 0.244 e. The average Bonchev–Trinajstić information content (AvgIpc) is 3.08. The Kier molecular flexibility index (Phi) is 6.28. The van der Waals surface area contributed by atoms with Crippen LogP contribution in [0.1, 0.15) is 5.56 Å². The molecule has 0 bridgehead atoms. The zero-order valence-electron chi connectivity index (χ0n) is 15.1. The number of aromatic nitrogens is 1. The van der Waals surface area contributed by atoms with Crippen molar-refractivity contribution in [3.8, 4) is 6.07 Å².